The van der Waals surface area contributed by atoms with Gasteiger partial charge in [0.05, 0.1) is 5.60 Å². The van der Waals surface area contributed by atoms with Gasteiger partial charge in [0.25, 0.3) is 5.91 Å². The second kappa shape index (κ2) is 6.14. The number of likely N-dealkylation sites (N-methyl/N-ethyl adjacent to an activating group) is 1. The van der Waals surface area contributed by atoms with E-state index in [2.05, 4.69) is 0 Å². The molecular weight excluding hydrogens is 264 g/mol. The predicted octanol–water partition coefficient (Wildman–Crippen LogP) is 2.71. The molecule has 0 saturated heterocycles. The van der Waals surface area contributed by atoms with E-state index in [1.54, 1.807) is 18.7 Å². The van der Waals surface area contributed by atoms with Crippen molar-refractivity contribution in [2.45, 2.75) is 26.4 Å². The molecule has 0 aliphatic carbocycles. The first-order valence-electron chi connectivity index (χ1n) is 7.16. The lowest BCUT2D eigenvalue weighted by Gasteiger charge is -2.28. The molecule has 4 heteroatoms. The highest BCUT2D eigenvalue weighted by Crippen LogP contribution is 2.14. The largest absolute Gasteiger partial charge is 0.389 e. The molecule has 0 aliphatic heterocycles. The van der Waals surface area contributed by atoms with Gasteiger partial charge in [-0.1, -0.05) is 6.07 Å². The summed E-state index contributed by atoms with van der Waals surface area (Å²) in [5, 5.41) is 9.92. The highest BCUT2D eigenvalue weighted by molar-refractivity contribution is 5.94. The van der Waals surface area contributed by atoms with E-state index in [1.165, 1.54) is 0 Å². The van der Waals surface area contributed by atoms with Gasteiger partial charge in [0, 0.05) is 36.7 Å². The van der Waals surface area contributed by atoms with Crippen LogP contribution in [0.25, 0.3) is 5.69 Å². The van der Waals surface area contributed by atoms with Crippen LogP contribution in [0, 0.1) is 0 Å². The Kier molecular flexibility index (Phi) is 4.48. The number of amides is 1. The number of hydrogen-bond donors (Lipinski definition) is 1. The molecule has 2 rings (SSSR count). The third-order valence-electron chi connectivity index (χ3n) is 3.24. The highest BCUT2D eigenvalue weighted by atomic mass is 16.3. The van der Waals surface area contributed by atoms with E-state index in [4.69, 9.17) is 0 Å². The minimum atomic E-state index is -0.899. The normalized spacial score (nSPS) is 11.4. The Hall–Kier alpha value is -2.07. The molecule has 1 aromatic heterocycles. The number of benzene rings is 1. The van der Waals surface area contributed by atoms with Gasteiger partial charge in [-0.15, -0.1) is 0 Å². The fraction of sp³-hybridized carbons (Fsp3) is 0.353. The van der Waals surface area contributed by atoms with Crippen LogP contribution in [0.15, 0.2) is 48.8 Å². The third kappa shape index (κ3) is 3.95. The predicted molar refractivity (Wildman–Crippen MR) is 83.6 cm³/mol. The van der Waals surface area contributed by atoms with Crippen molar-refractivity contribution >= 4 is 5.91 Å². The van der Waals surface area contributed by atoms with Crippen LogP contribution >= 0.6 is 0 Å². The lowest BCUT2D eigenvalue weighted by Crippen LogP contribution is -2.42. The van der Waals surface area contributed by atoms with E-state index in [0.717, 1.165) is 5.69 Å². The van der Waals surface area contributed by atoms with Gasteiger partial charge in [0.1, 0.15) is 0 Å². The van der Waals surface area contributed by atoms with Crippen LogP contribution < -0.4 is 0 Å². The van der Waals surface area contributed by atoms with Crippen LogP contribution in [0.4, 0.5) is 0 Å². The molecule has 0 unspecified atom stereocenters. The molecule has 21 heavy (non-hydrogen) atoms. The molecule has 1 N–H and O–H groups in total. The number of aliphatic hydroxyl groups is 1. The van der Waals surface area contributed by atoms with E-state index in [9.17, 15) is 9.90 Å². The average Bonchev–Trinajstić information content (AvgIpc) is 2.97. The molecule has 1 aromatic carbocycles. The molecule has 112 valence electrons. The topological polar surface area (TPSA) is 45.5 Å². The van der Waals surface area contributed by atoms with Crippen molar-refractivity contribution < 1.29 is 9.90 Å². The smallest absolute Gasteiger partial charge is 0.254 e. The maximum atomic E-state index is 12.6. The SMILES string of the molecule is CCN(CC(C)(C)O)C(=O)c1cccc(-n2cccc2)c1. The van der Waals surface area contributed by atoms with Crippen molar-refractivity contribution in [3.8, 4) is 5.69 Å². The molecule has 0 bridgehead atoms. The minimum Gasteiger partial charge on any atom is -0.389 e. The van der Waals surface area contributed by atoms with E-state index in [-0.39, 0.29) is 5.91 Å². The van der Waals surface area contributed by atoms with Crippen LogP contribution in [-0.4, -0.2) is 39.2 Å². The van der Waals surface area contributed by atoms with Crippen molar-refractivity contribution in [1.82, 2.24) is 9.47 Å². The van der Waals surface area contributed by atoms with Gasteiger partial charge in [-0.2, -0.15) is 0 Å². The van der Waals surface area contributed by atoms with Gasteiger partial charge >= 0.3 is 0 Å². The zero-order valence-electron chi connectivity index (χ0n) is 12.8. The summed E-state index contributed by atoms with van der Waals surface area (Å²) in [5.74, 6) is -0.0615. The fourth-order valence-corrected chi connectivity index (χ4v) is 2.28. The Morgan fingerprint density at radius 2 is 1.90 bits per heavy atom. The fourth-order valence-electron chi connectivity index (χ4n) is 2.28. The Morgan fingerprint density at radius 3 is 2.48 bits per heavy atom. The molecule has 0 spiro atoms. The molecule has 4 nitrogen and oxygen atoms in total. The molecule has 0 radical (unpaired) electrons. The number of hydrogen-bond acceptors (Lipinski definition) is 2. The first kappa shape index (κ1) is 15.3. The summed E-state index contributed by atoms with van der Waals surface area (Å²) < 4.78 is 1.96. The van der Waals surface area contributed by atoms with E-state index in [0.29, 0.717) is 18.7 Å². The van der Waals surface area contributed by atoms with Gasteiger partial charge in [-0.05, 0) is 51.1 Å². The first-order valence-corrected chi connectivity index (χ1v) is 7.16. The van der Waals surface area contributed by atoms with E-state index >= 15 is 0 Å². The van der Waals surface area contributed by atoms with Gasteiger partial charge in [-0.25, -0.2) is 0 Å². The van der Waals surface area contributed by atoms with Crippen molar-refractivity contribution in [3.05, 3.63) is 54.4 Å². The lowest BCUT2D eigenvalue weighted by molar-refractivity contribution is 0.0314. The first-order chi connectivity index (χ1) is 9.90. The minimum absolute atomic E-state index is 0.0615. The van der Waals surface area contributed by atoms with Crippen molar-refractivity contribution in [3.63, 3.8) is 0 Å². The van der Waals surface area contributed by atoms with Crippen molar-refractivity contribution in [1.29, 1.82) is 0 Å². The quantitative estimate of drug-likeness (QED) is 0.918. The molecular formula is C17H22N2O2. The Labute approximate surface area is 125 Å². The molecule has 1 heterocycles. The van der Waals surface area contributed by atoms with Gasteiger partial charge < -0.3 is 14.6 Å². The monoisotopic (exact) mass is 286 g/mol. The molecule has 0 aliphatic rings. The summed E-state index contributed by atoms with van der Waals surface area (Å²) in [6.45, 7) is 6.21. The summed E-state index contributed by atoms with van der Waals surface area (Å²) in [6.07, 6.45) is 3.88. The number of carbonyl (C=O) groups excluding carboxylic acids is 1. The summed E-state index contributed by atoms with van der Waals surface area (Å²) in [4.78, 5) is 14.2. The number of aromatic nitrogens is 1. The molecule has 0 saturated carbocycles. The molecule has 1 amide bonds. The van der Waals surface area contributed by atoms with E-state index < -0.39 is 5.60 Å². The van der Waals surface area contributed by atoms with Crippen LogP contribution in [0.1, 0.15) is 31.1 Å². The molecule has 0 atom stereocenters. The number of nitrogens with zero attached hydrogens (tertiary/aromatic N) is 2. The van der Waals surface area contributed by atoms with Crippen molar-refractivity contribution in [2.75, 3.05) is 13.1 Å². The molecule has 0 fully saturated rings. The van der Waals surface area contributed by atoms with Gasteiger partial charge in [0.15, 0.2) is 0 Å². The average molecular weight is 286 g/mol. The Morgan fingerprint density at radius 1 is 1.24 bits per heavy atom. The standard InChI is InChI=1S/C17H22N2O2/c1-4-18(13-17(2,3)21)16(20)14-8-7-9-15(12-14)19-10-5-6-11-19/h5-12,21H,4,13H2,1-3H3. The Balaban J connectivity index is 2.24. The number of carbonyl (C=O) groups is 1. The highest BCUT2D eigenvalue weighted by Gasteiger charge is 2.22. The van der Waals surface area contributed by atoms with Crippen LogP contribution in [0.5, 0.6) is 0 Å². The second-order valence-corrected chi connectivity index (χ2v) is 5.77. The molecule has 2 aromatic rings. The summed E-state index contributed by atoms with van der Waals surface area (Å²) in [6, 6.07) is 11.4. The van der Waals surface area contributed by atoms with Gasteiger partial charge in [0.2, 0.25) is 0 Å². The maximum absolute atomic E-state index is 12.6. The van der Waals surface area contributed by atoms with Gasteiger partial charge in [-0.3, -0.25) is 4.79 Å². The third-order valence-corrected chi connectivity index (χ3v) is 3.24. The zero-order valence-corrected chi connectivity index (χ0v) is 12.8. The lowest BCUT2D eigenvalue weighted by atomic mass is 10.1. The summed E-state index contributed by atoms with van der Waals surface area (Å²) >= 11 is 0. The Bertz CT molecular complexity index is 598. The van der Waals surface area contributed by atoms with Crippen LogP contribution in [0.2, 0.25) is 0 Å². The summed E-state index contributed by atoms with van der Waals surface area (Å²) in [7, 11) is 0. The van der Waals surface area contributed by atoms with Crippen LogP contribution in [0.3, 0.4) is 0 Å². The number of rotatable bonds is 5. The van der Waals surface area contributed by atoms with Crippen LogP contribution in [-0.2, 0) is 0 Å². The zero-order chi connectivity index (χ0) is 15.5. The van der Waals surface area contributed by atoms with E-state index in [1.807, 2.05) is 60.3 Å². The summed E-state index contributed by atoms with van der Waals surface area (Å²) in [5.41, 5.74) is 0.682. The van der Waals surface area contributed by atoms with Crippen molar-refractivity contribution in [2.24, 2.45) is 0 Å². The second-order valence-electron chi connectivity index (χ2n) is 5.77. The maximum Gasteiger partial charge on any atom is 0.254 e.